The molecule has 2 aromatic rings. The van der Waals surface area contributed by atoms with E-state index in [2.05, 4.69) is 0 Å². The highest BCUT2D eigenvalue weighted by Gasteiger charge is 2.37. The van der Waals surface area contributed by atoms with Gasteiger partial charge in [-0.15, -0.1) is 0 Å². The molecule has 2 aromatic carbocycles. The lowest BCUT2D eigenvalue weighted by Crippen LogP contribution is -2.30. The van der Waals surface area contributed by atoms with Crippen LogP contribution in [0.1, 0.15) is 38.5 Å². The Kier molecular flexibility index (Phi) is 5.24. The second kappa shape index (κ2) is 7.70. The fourth-order valence-electron chi connectivity index (χ4n) is 4.10. The summed E-state index contributed by atoms with van der Waals surface area (Å²) in [5.41, 5.74) is -0.546. The number of anilines is 1. The Balaban J connectivity index is 1.59. The van der Waals surface area contributed by atoms with E-state index in [1.165, 1.54) is 44.2 Å². The minimum atomic E-state index is -4.24. The number of phenols is 1. The average molecular weight is 422 g/mol. The number of benzene rings is 2. The van der Waals surface area contributed by atoms with E-state index < -0.39 is 39.9 Å². The van der Waals surface area contributed by atoms with E-state index in [4.69, 9.17) is 4.74 Å². The Bertz CT molecular complexity index is 1050. The van der Waals surface area contributed by atoms with Gasteiger partial charge in [-0.1, -0.05) is 38.2 Å². The van der Waals surface area contributed by atoms with Crippen LogP contribution in [0, 0.1) is 11.7 Å². The Morgan fingerprint density at radius 2 is 1.97 bits per heavy atom. The molecular formula is C20H23FN2O5S. The van der Waals surface area contributed by atoms with Gasteiger partial charge in [-0.05, 0) is 35.9 Å². The van der Waals surface area contributed by atoms with Crippen molar-refractivity contribution in [3.63, 3.8) is 0 Å². The summed E-state index contributed by atoms with van der Waals surface area (Å²) in [7, 11) is -4.24. The molecule has 2 aliphatic rings. The van der Waals surface area contributed by atoms with E-state index in [1.807, 2.05) is 0 Å². The SMILES string of the molecule is O=C1CN(c2c(O)cc3ccc(OCCC4CCCCC4)cc3c2F)S(=O)(=O)N1. The molecule has 1 aliphatic heterocycles. The number of halogens is 1. The fourth-order valence-corrected chi connectivity index (χ4v) is 5.26. The van der Waals surface area contributed by atoms with Crippen LogP contribution < -0.4 is 13.8 Å². The summed E-state index contributed by atoms with van der Waals surface area (Å²) < 4.78 is 47.4. The summed E-state index contributed by atoms with van der Waals surface area (Å²) in [6, 6.07) is 6.07. The van der Waals surface area contributed by atoms with Crippen LogP contribution in [-0.2, 0) is 15.0 Å². The van der Waals surface area contributed by atoms with Crippen molar-refractivity contribution in [2.45, 2.75) is 38.5 Å². The molecule has 29 heavy (non-hydrogen) atoms. The molecule has 1 saturated heterocycles. The largest absolute Gasteiger partial charge is 0.506 e. The van der Waals surface area contributed by atoms with E-state index >= 15 is 4.39 Å². The number of carbonyl (C=O) groups excluding carboxylic acids is 1. The molecular weight excluding hydrogens is 399 g/mol. The minimum absolute atomic E-state index is 0.113. The van der Waals surface area contributed by atoms with Crippen LogP contribution in [0.25, 0.3) is 10.8 Å². The number of amides is 1. The average Bonchev–Trinajstić information content (AvgIpc) is 2.95. The van der Waals surface area contributed by atoms with Crippen molar-refractivity contribution >= 4 is 32.6 Å². The Labute approximate surface area is 168 Å². The molecule has 156 valence electrons. The number of phenolic OH excluding ortho intramolecular Hbond substituents is 1. The standard InChI is InChI=1S/C20H23FN2O5S/c21-19-16-11-15(28-9-8-13-4-2-1-3-5-13)7-6-14(16)10-17(24)20(19)23-12-18(25)22-29(23,26)27/h6-7,10-11,13,24H,1-5,8-9,12H2,(H,22,25). The number of fused-ring (bicyclic) bond motifs is 1. The lowest BCUT2D eigenvalue weighted by molar-refractivity contribution is -0.117. The van der Waals surface area contributed by atoms with E-state index in [0.717, 1.165) is 6.42 Å². The van der Waals surface area contributed by atoms with Crippen LogP contribution in [0.3, 0.4) is 0 Å². The molecule has 0 unspecified atom stereocenters. The van der Waals surface area contributed by atoms with Crippen molar-refractivity contribution in [2.75, 3.05) is 17.5 Å². The van der Waals surface area contributed by atoms with Gasteiger partial charge in [-0.3, -0.25) is 4.79 Å². The normalized spacial score (nSPS) is 19.5. The molecule has 0 atom stereocenters. The van der Waals surface area contributed by atoms with Crippen molar-refractivity contribution in [1.82, 2.24) is 4.72 Å². The van der Waals surface area contributed by atoms with Crippen LogP contribution >= 0.6 is 0 Å². The predicted octanol–water partition coefficient (Wildman–Crippen LogP) is 3.21. The lowest BCUT2D eigenvalue weighted by Gasteiger charge is -2.21. The van der Waals surface area contributed by atoms with E-state index in [9.17, 15) is 18.3 Å². The summed E-state index contributed by atoms with van der Waals surface area (Å²) in [5, 5.41) is 10.7. The molecule has 1 aliphatic carbocycles. The number of nitrogens with one attached hydrogen (secondary N) is 1. The first-order valence-electron chi connectivity index (χ1n) is 9.76. The maximum Gasteiger partial charge on any atom is 0.326 e. The van der Waals surface area contributed by atoms with Gasteiger partial charge < -0.3 is 9.84 Å². The third-order valence-electron chi connectivity index (χ3n) is 5.59. The molecule has 9 heteroatoms. The van der Waals surface area contributed by atoms with Crippen LogP contribution in [-0.4, -0.2) is 32.6 Å². The summed E-state index contributed by atoms with van der Waals surface area (Å²) in [4.78, 5) is 11.5. The van der Waals surface area contributed by atoms with E-state index in [1.54, 1.807) is 16.9 Å². The summed E-state index contributed by atoms with van der Waals surface area (Å²) in [5.74, 6) is -1.13. The van der Waals surface area contributed by atoms with Crippen LogP contribution in [0.15, 0.2) is 24.3 Å². The Morgan fingerprint density at radius 3 is 2.66 bits per heavy atom. The topological polar surface area (TPSA) is 95.9 Å². The van der Waals surface area contributed by atoms with Gasteiger partial charge >= 0.3 is 10.2 Å². The van der Waals surface area contributed by atoms with Crippen molar-refractivity contribution < 1.29 is 27.4 Å². The zero-order valence-electron chi connectivity index (χ0n) is 15.9. The highest BCUT2D eigenvalue weighted by Crippen LogP contribution is 2.39. The van der Waals surface area contributed by atoms with Crippen molar-refractivity contribution in [3.05, 3.63) is 30.1 Å². The molecule has 1 saturated carbocycles. The highest BCUT2D eigenvalue weighted by atomic mass is 32.2. The van der Waals surface area contributed by atoms with Crippen molar-refractivity contribution in [3.8, 4) is 11.5 Å². The molecule has 1 amide bonds. The highest BCUT2D eigenvalue weighted by molar-refractivity contribution is 7.92. The Morgan fingerprint density at radius 1 is 1.21 bits per heavy atom. The zero-order valence-corrected chi connectivity index (χ0v) is 16.7. The molecule has 2 N–H and O–H groups in total. The smallest absolute Gasteiger partial charge is 0.326 e. The second-order valence-corrected chi connectivity index (χ2v) is 9.21. The Hall–Kier alpha value is -2.55. The number of ether oxygens (including phenoxy) is 1. The molecule has 0 bridgehead atoms. The van der Waals surface area contributed by atoms with Gasteiger partial charge in [-0.2, -0.15) is 8.42 Å². The van der Waals surface area contributed by atoms with Crippen LogP contribution in [0.5, 0.6) is 11.5 Å². The number of nitrogens with zero attached hydrogens (tertiary/aromatic N) is 1. The number of hydrogen-bond acceptors (Lipinski definition) is 5. The fraction of sp³-hybridized carbons (Fsp3) is 0.450. The first-order valence-corrected chi connectivity index (χ1v) is 11.2. The second-order valence-electron chi connectivity index (χ2n) is 7.62. The quantitative estimate of drug-likeness (QED) is 0.771. The maximum atomic E-state index is 15.2. The number of hydrogen-bond donors (Lipinski definition) is 2. The van der Waals surface area contributed by atoms with Gasteiger partial charge in [0.15, 0.2) is 5.82 Å². The van der Waals surface area contributed by atoms with Crippen LogP contribution in [0.2, 0.25) is 0 Å². The minimum Gasteiger partial charge on any atom is -0.506 e. The first-order chi connectivity index (χ1) is 13.8. The molecule has 4 rings (SSSR count). The third kappa shape index (κ3) is 3.96. The molecule has 0 radical (unpaired) electrons. The molecule has 0 spiro atoms. The van der Waals surface area contributed by atoms with Gasteiger partial charge in [0, 0.05) is 5.39 Å². The van der Waals surface area contributed by atoms with Crippen molar-refractivity contribution in [2.24, 2.45) is 5.92 Å². The summed E-state index contributed by atoms with van der Waals surface area (Å²) in [6.07, 6.45) is 7.19. The molecule has 7 nitrogen and oxygen atoms in total. The molecule has 0 aromatic heterocycles. The number of aromatic hydroxyl groups is 1. The van der Waals surface area contributed by atoms with Gasteiger partial charge in [0.25, 0.3) is 5.91 Å². The molecule has 1 heterocycles. The summed E-state index contributed by atoms with van der Waals surface area (Å²) in [6.45, 7) is -0.0580. The van der Waals surface area contributed by atoms with Gasteiger partial charge in [0.2, 0.25) is 0 Å². The molecule has 2 fully saturated rings. The number of rotatable bonds is 5. The summed E-state index contributed by atoms with van der Waals surface area (Å²) >= 11 is 0. The van der Waals surface area contributed by atoms with Gasteiger partial charge in [0.05, 0.1) is 6.61 Å². The van der Waals surface area contributed by atoms with Crippen molar-refractivity contribution in [1.29, 1.82) is 0 Å². The van der Waals surface area contributed by atoms with E-state index in [-0.39, 0.29) is 5.39 Å². The van der Waals surface area contributed by atoms with Crippen LogP contribution in [0.4, 0.5) is 10.1 Å². The maximum absolute atomic E-state index is 15.2. The van der Waals surface area contributed by atoms with Gasteiger partial charge in [-0.25, -0.2) is 13.4 Å². The number of carbonyl (C=O) groups is 1. The predicted molar refractivity (Wildman–Crippen MR) is 107 cm³/mol. The first kappa shape index (κ1) is 19.8. The third-order valence-corrected chi connectivity index (χ3v) is 6.97. The zero-order chi connectivity index (χ0) is 20.6. The van der Waals surface area contributed by atoms with Gasteiger partial charge in [0.1, 0.15) is 23.7 Å². The lowest BCUT2D eigenvalue weighted by atomic mass is 9.87. The monoisotopic (exact) mass is 422 g/mol. The van der Waals surface area contributed by atoms with E-state index in [0.29, 0.717) is 28.0 Å².